The van der Waals surface area contributed by atoms with E-state index in [9.17, 15) is 10.2 Å². The first-order chi connectivity index (χ1) is 6.60. The quantitative estimate of drug-likeness (QED) is 0.618. The number of hydrogen-bond donors (Lipinski definition) is 2. The molecule has 0 aromatic heterocycles. The standard InChI is InChI=1S/C12H23O2/c1-4-7-8-10-12(14,9-5-2)11(13)6-3/h7-8,11,13-14H,1,4-6,9-10H2,2-3H3/b8-7+. The Morgan fingerprint density at radius 3 is 2.43 bits per heavy atom. The van der Waals surface area contributed by atoms with Crippen molar-refractivity contribution in [2.24, 2.45) is 0 Å². The molecule has 0 spiro atoms. The maximum absolute atomic E-state index is 10.2. The third-order valence-electron chi connectivity index (χ3n) is 2.49. The molecule has 0 heterocycles. The maximum atomic E-state index is 10.2. The smallest absolute Gasteiger partial charge is 0.0939 e. The zero-order valence-corrected chi connectivity index (χ0v) is 9.37. The van der Waals surface area contributed by atoms with Crippen molar-refractivity contribution in [3.63, 3.8) is 0 Å². The molecule has 2 nitrogen and oxygen atoms in total. The summed E-state index contributed by atoms with van der Waals surface area (Å²) in [4.78, 5) is 0. The van der Waals surface area contributed by atoms with Crippen LogP contribution in [0.2, 0.25) is 0 Å². The van der Waals surface area contributed by atoms with Gasteiger partial charge in [0.1, 0.15) is 0 Å². The fourth-order valence-corrected chi connectivity index (χ4v) is 1.62. The highest BCUT2D eigenvalue weighted by molar-refractivity contribution is 4.95. The minimum atomic E-state index is -0.949. The van der Waals surface area contributed by atoms with E-state index in [4.69, 9.17) is 0 Å². The van der Waals surface area contributed by atoms with E-state index in [2.05, 4.69) is 6.92 Å². The van der Waals surface area contributed by atoms with Crippen molar-refractivity contribution in [2.75, 3.05) is 0 Å². The number of aliphatic hydroxyl groups excluding tert-OH is 1. The van der Waals surface area contributed by atoms with E-state index in [1.807, 2.05) is 26.0 Å². The van der Waals surface area contributed by atoms with E-state index >= 15 is 0 Å². The lowest BCUT2D eigenvalue weighted by Gasteiger charge is -2.31. The van der Waals surface area contributed by atoms with Crippen molar-refractivity contribution in [2.45, 2.75) is 57.7 Å². The summed E-state index contributed by atoms with van der Waals surface area (Å²) in [5.74, 6) is 0. The van der Waals surface area contributed by atoms with Gasteiger partial charge in [-0.15, -0.1) is 0 Å². The molecule has 0 rings (SSSR count). The second-order valence-electron chi connectivity index (χ2n) is 3.74. The number of hydrogen-bond acceptors (Lipinski definition) is 2. The average molecular weight is 199 g/mol. The Balaban J connectivity index is 4.30. The van der Waals surface area contributed by atoms with Gasteiger partial charge in [-0.05, 0) is 32.6 Å². The van der Waals surface area contributed by atoms with E-state index in [0.717, 1.165) is 12.8 Å². The van der Waals surface area contributed by atoms with Crippen LogP contribution in [0.4, 0.5) is 0 Å². The topological polar surface area (TPSA) is 40.5 Å². The summed E-state index contributed by atoms with van der Waals surface area (Å²) in [7, 11) is 0. The first-order valence-corrected chi connectivity index (χ1v) is 5.45. The highest BCUT2D eigenvalue weighted by atomic mass is 16.3. The van der Waals surface area contributed by atoms with Crippen LogP contribution in [-0.4, -0.2) is 21.9 Å². The summed E-state index contributed by atoms with van der Waals surface area (Å²) in [5.41, 5.74) is -0.949. The van der Waals surface area contributed by atoms with Crippen LogP contribution in [0.3, 0.4) is 0 Å². The van der Waals surface area contributed by atoms with Crippen molar-refractivity contribution >= 4 is 0 Å². The Bertz CT molecular complexity index is 166. The van der Waals surface area contributed by atoms with E-state index in [1.165, 1.54) is 0 Å². The third-order valence-corrected chi connectivity index (χ3v) is 2.49. The Morgan fingerprint density at radius 2 is 2.00 bits per heavy atom. The molecule has 0 aliphatic rings. The monoisotopic (exact) mass is 199 g/mol. The minimum Gasteiger partial charge on any atom is -0.390 e. The predicted octanol–water partition coefficient (Wildman–Crippen LogP) is 2.46. The van der Waals surface area contributed by atoms with E-state index in [0.29, 0.717) is 19.3 Å². The zero-order valence-electron chi connectivity index (χ0n) is 9.37. The lowest BCUT2D eigenvalue weighted by molar-refractivity contribution is -0.0796. The second kappa shape index (κ2) is 7.02. The largest absolute Gasteiger partial charge is 0.390 e. The molecular formula is C12H23O2. The third kappa shape index (κ3) is 4.25. The molecule has 0 amide bonds. The lowest BCUT2D eigenvalue weighted by Crippen LogP contribution is -2.41. The molecule has 2 atom stereocenters. The number of rotatable bonds is 7. The van der Waals surface area contributed by atoms with Crippen molar-refractivity contribution in [1.29, 1.82) is 0 Å². The SMILES string of the molecule is [CH2]C/C=C/CC(O)(CCC)C(O)CC. The molecule has 2 N–H and O–H groups in total. The molecule has 0 saturated carbocycles. The van der Waals surface area contributed by atoms with Crippen LogP contribution >= 0.6 is 0 Å². The number of allylic oxidation sites excluding steroid dienone is 1. The zero-order chi connectivity index (χ0) is 11.0. The normalized spacial score (nSPS) is 18.4. The molecule has 14 heavy (non-hydrogen) atoms. The molecule has 0 bridgehead atoms. The van der Waals surface area contributed by atoms with Crippen LogP contribution in [0.15, 0.2) is 12.2 Å². The van der Waals surface area contributed by atoms with Crippen LogP contribution in [0.1, 0.15) is 46.0 Å². The minimum absolute atomic E-state index is 0.519. The molecule has 0 aliphatic heterocycles. The maximum Gasteiger partial charge on any atom is 0.0939 e. The van der Waals surface area contributed by atoms with Gasteiger partial charge in [0.05, 0.1) is 11.7 Å². The highest BCUT2D eigenvalue weighted by Gasteiger charge is 2.31. The van der Waals surface area contributed by atoms with E-state index in [1.54, 1.807) is 0 Å². The van der Waals surface area contributed by atoms with Crippen LogP contribution < -0.4 is 0 Å². The molecule has 0 fully saturated rings. The van der Waals surface area contributed by atoms with Crippen molar-refractivity contribution in [3.8, 4) is 0 Å². The number of aliphatic hydroxyl groups is 2. The fraction of sp³-hybridized carbons (Fsp3) is 0.750. The average Bonchev–Trinajstić information content (AvgIpc) is 2.17. The van der Waals surface area contributed by atoms with Gasteiger partial charge in [-0.25, -0.2) is 0 Å². The molecular weight excluding hydrogens is 176 g/mol. The molecule has 83 valence electrons. The Morgan fingerprint density at radius 1 is 1.36 bits per heavy atom. The van der Waals surface area contributed by atoms with Crippen molar-refractivity contribution < 1.29 is 10.2 Å². The highest BCUT2D eigenvalue weighted by Crippen LogP contribution is 2.24. The molecule has 0 aliphatic carbocycles. The summed E-state index contributed by atoms with van der Waals surface area (Å²) in [6.07, 6.45) is 6.56. The van der Waals surface area contributed by atoms with Gasteiger partial charge in [-0.2, -0.15) is 0 Å². The summed E-state index contributed by atoms with van der Waals surface area (Å²) in [5, 5.41) is 19.9. The predicted molar refractivity (Wildman–Crippen MR) is 59.9 cm³/mol. The van der Waals surface area contributed by atoms with Gasteiger partial charge in [0.15, 0.2) is 0 Å². The lowest BCUT2D eigenvalue weighted by atomic mass is 9.86. The van der Waals surface area contributed by atoms with Crippen LogP contribution in [0.5, 0.6) is 0 Å². The van der Waals surface area contributed by atoms with E-state index in [-0.39, 0.29) is 0 Å². The first-order valence-electron chi connectivity index (χ1n) is 5.45. The molecule has 0 saturated heterocycles. The van der Waals surface area contributed by atoms with Gasteiger partial charge < -0.3 is 10.2 Å². The van der Waals surface area contributed by atoms with Crippen molar-refractivity contribution in [1.82, 2.24) is 0 Å². The van der Waals surface area contributed by atoms with Crippen LogP contribution in [0.25, 0.3) is 0 Å². The first kappa shape index (κ1) is 13.7. The van der Waals surface area contributed by atoms with Gasteiger partial charge in [0.2, 0.25) is 0 Å². The van der Waals surface area contributed by atoms with Crippen molar-refractivity contribution in [3.05, 3.63) is 19.1 Å². The second-order valence-corrected chi connectivity index (χ2v) is 3.74. The summed E-state index contributed by atoms with van der Waals surface area (Å²) in [6.45, 7) is 7.58. The molecule has 0 aromatic rings. The Hall–Kier alpha value is -0.340. The molecule has 1 radical (unpaired) electrons. The van der Waals surface area contributed by atoms with Gasteiger partial charge in [-0.1, -0.05) is 32.4 Å². The Kier molecular flexibility index (Phi) is 6.85. The van der Waals surface area contributed by atoms with E-state index < -0.39 is 11.7 Å². The van der Waals surface area contributed by atoms with Crippen LogP contribution in [0, 0.1) is 6.92 Å². The fourth-order valence-electron chi connectivity index (χ4n) is 1.62. The summed E-state index contributed by atoms with van der Waals surface area (Å²) >= 11 is 0. The van der Waals surface area contributed by atoms with Crippen LogP contribution in [-0.2, 0) is 0 Å². The summed E-state index contributed by atoms with van der Waals surface area (Å²) in [6, 6.07) is 0. The molecule has 2 heteroatoms. The molecule has 2 unspecified atom stereocenters. The summed E-state index contributed by atoms with van der Waals surface area (Å²) < 4.78 is 0. The van der Waals surface area contributed by atoms with Gasteiger partial charge in [0.25, 0.3) is 0 Å². The van der Waals surface area contributed by atoms with Gasteiger partial charge in [-0.3, -0.25) is 0 Å². The van der Waals surface area contributed by atoms with Gasteiger partial charge in [0, 0.05) is 0 Å². The van der Waals surface area contributed by atoms with Gasteiger partial charge >= 0.3 is 0 Å². The Labute approximate surface area is 87.7 Å². The molecule has 0 aromatic carbocycles.